The SMILES string of the molecule is Cc1nccn1CCN1CCN(C(=O)CCC2CCCCC2)CC1. The Morgan fingerprint density at radius 1 is 1.12 bits per heavy atom. The molecule has 2 aliphatic rings. The third-order valence-corrected chi connectivity index (χ3v) is 5.80. The summed E-state index contributed by atoms with van der Waals surface area (Å²) in [4.78, 5) is 21.2. The zero-order valence-electron chi connectivity index (χ0n) is 15.1. The smallest absolute Gasteiger partial charge is 0.222 e. The van der Waals surface area contributed by atoms with Crippen molar-refractivity contribution >= 4 is 5.91 Å². The van der Waals surface area contributed by atoms with E-state index in [-0.39, 0.29) is 0 Å². The van der Waals surface area contributed by atoms with Crippen molar-refractivity contribution in [1.29, 1.82) is 0 Å². The molecule has 3 rings (SSSR count). The van der Waals surface area contributed by atoms with Gasteiger partial charge >= 0.3 is 0 Å². The average molecular weight is 332 g/mol. The summed E-state index contributed by atoms with van der Waals surface area (Å²) in [5.41, 5.74) is 0. The minimum absolute atomic E-state index is 0.380. The molecule has 1 aromatic rings. The number of aromatic nitrogens is 2. The number of carbonyl (C=O) groups excluding carboxylic acids is 1. The van der Waals surface area contributed by atoms with E-state index in [4.69, 9.17) is 0 Å². The molecule has 134 valence electrons. The van der Waals surface area contributed by atoms with Gasteiger partial charge in [-0.25, -0.2) is 4.98 Å². The van der Waals surface area contributed by atoms with Crippen LogP contribution in [0.4, 0.5) is 0 Å². The summed E-state index contributed by atoms with van der Waals surface area (Å²) in [5, 5.41) is 0. The van der Waals surface area contributed by atoms with Gasteiger partial charge in [-0.3, -0.25) is 9.69 Å². The van der Waals surface area contributed by atoms with E-state index in [0.717, 1.165) is 63.9 Å². The first-order valence-corrected chi connectivity index (χ1v) is 9.70. The van der Waals surface area contributed by atoms with Crippen molar-refractivity contribution in [2.75, 3.05) is 32.7 Å². The van der Waals surface area contributed by atoms with Crippen molar-refractivity contribution in [3.05, 3.63) is 18.2 Å². The molecule has 1 aliphatic carbocycles. The minimum atomic E-state index is 0.380. The first-order valence-electron chi connectivity index (χ1n) is 9.70. The predicted molar refractivity (Wildman–Crippen MR) is 95.8 cm³/mol. The van der Waals surface area contributed by atoms with Gasteiger partial charge in [0.15, 0.2) is 0 Å². The summed E-state index contributed by atoms with van der Waals surface area (Å²) in [6.07, 6.45) is 12.6. The largest absolute Gasteiger partial charge is 0.340 e. The molecule has 1 aromatic heterocycles. The topological polar surface area (TPSA) is 41.4 Å². The van der Waals surface area contributed by atoms with E-state index in [0.29, 0.717) is 5.91 Å². The van der Waals surface area contributed by atoms with Crippen LogP contribution in [0, 0.1) is 12.8 Å². The Kier molecular flexibility index (Phi) is 6.30. The van der Waals surface area contributed by atoms with Gasteiger partial charge in [-0.2, -0.15) is 0 Å². The maximum absolute atomic E-state index is 12.4. The Bertz CT molecular complexity index is 513. The molecule has 1 saturated heterocycles. The molecule has 1 aliphatic heterocycles. The maximum Gasteiger partial charge on any atom is 0.222 e. The summed E-state index contributed by atoms with van der Waals surface area (Å²) >= 11 is 0. The lowest BCUT2D eigenvalue weighted by atomic mass is 9.86. The Labute approximate surface area is 146 Å². The lowest BCUT2D eigenvalue weighted by Crippen LogP contribution is -2.49. The second-order valence-corrected chi connectivity index (χ2v) is 7.43. The average Bonchev–Trinajstić information content (AvgIpc) is 3.04. The van der Waals surface area contributed by atoms with Gasteiger partial charge in [-0.1, -0.05) is 32.1 Å². The van der Waals surface area contributed by atoms with Gasteiger partial charge in [0, 0.05) is 58.1 Å². The van der Waals surface area contributed by atoms with E-state index in [1.165, 1.54) is 32.1 Å². The molecule has 0 radical (unpaired) electrons. The first kappa shape index (κ1) is 17.5. The summed E-state index contributed by atoms with van der Waals surface area (Å²) in [5.74, 6) is 2.26. The molecule has 1 amide bonds. The minimum Gasteiger partial charge on any atom is -0.340 e. The highest BCUT2D eigenvalue weighted by atomic mass is 16.2. The van der Waals surface area contributed by atoms with Crippen LogP contribution in [0.25, 0.3) is 0 Å². The highest BCUT2D eigenvalue weighted by Gasteiger charge is 2.22. The number of nitrogens with zero attached hydrogens (tertiary/aromatic N) is 4. The van der Waals surface area contributed by atoms with Gasteiger partial charge in [0.2, 0.25) is 5.91 Å². The Morgan fingerprint density at radius 3 is 2.54 bits per heavy atom. The molecule has 5 nitrogen and oxygen atoms in total. The van der Waals surface area contributed by atoms with Crippen molar-refractivity contribution < 1.29 is 4.79 Å². The summed E-state index contributed by atoms with van der Waals surface area (Å²) in [7, 11) is 0. The van der Waals surface area contributed by atoms with Gasteiger partial charge in [0.1, 0.15) is 5.82 Å². The van der Waals surface area contributed by atoms with Gasteiger partial charge in [-0.15, -0.1) is 0 Å². The van der Waals surface area contributed by atoms with Crippen molar-refractivity contribution in [2.45, 2.75) is 58.4 Å². The van der Waals surface area contributed by atoms with E-state index < -0.39 is 0 Å². The number of amides is 1. The number of hydrogen-bond acceptors (Lipinski definition) is 3. The molecule has 0 atom stereocenters. The molecule has 0 aromatic carbocycles. The van der Waals surface area contributed by atoms with Gasteiger partial charge < -0.3 is 9.47 Å². The van der Waals surface area contributed by atoms with E-state index >= 15 is 0 Å². The van der Waals surface area contributed by atoms with Crippen LogP contribution in [0.3, 0.4) is 0 Å². The van der Waals surface area contributed by atoms with Crippen LogP contribution in [0.5, 0.6) is 0 Å². The highest BCUT2D eigenvalue weighted by Crippen LogP contribution is 2.27. The standard InChI is InChI=1S/C19H32N4O/c1-17-20-9-10-22(17)14-11-21-12-15-23(16-13-21)19(24)8-7-18-5-3-2-4-6-18/h9-10,18H,2-8,11-16H2,1H3. The van der Waals surface area contributed by atoms with Gasteiger partial charge in [0.25, 0.3) is 0 Å². The van der Waals surface area contributed by atoms with Crippen molar-refractivity contribution in [3.8, 4) is 0 Å². The van der Waals surface area contributed by atoms with Crippen LogP contribution in [-0.2, 0) is 11.3 Å². The van der Waals surface area contributed by atoms with Crippen LogP contribution < -0.4 is 0 Å². The summed E-state index contributed by atoms with van der Waals surface area (Å²) < 4.78 is 2.20. The molecule has 24 heavy (non-hydrogen) atoms. The summed E-state index contributed by atoms with van der Waals surface area (Å²) in [6, 6.07) is 0. The van der Waals surface area contributed by atoms with E-state index in [2.05, 4.69) is 19.4 Å². The van der Waals surface area contributed by atoms with Crippen LogP contribution >= 0.6 is 0 Å². The Balaban J connectivity index is 1.33. The normalized spacial score (nSPS) is 20.5. The first-order chi connectivity index (χ1) is 11.7. The second-order valence-electron chi connectivity index (χ2n) is 7.43. The number of hydrogen-bond donors (Lipinski definition) is 0. The fourth-order valence-corrected chi connectivity index (χ4v) is 4.07. The molecule has 2 fully saturated rings. The number of aryl methyl sites for hydroxylation is 1. The fourth-order valence-electron chi connectivity index (χ4n) is 4.07. The van der Waals surface area contributed by atoms with Crippen molar-refractivity contribution in [2.24, 2.45) is 5.92 Å². The van der Waals surface area contributed by atoms with Crippen molar-refractivity contribution in [3.63, 3.8) is 0 Å². The molecular formula is C19H32N4O. The highest BCUT2D eigenvalue weighted by molar-refractivity contribution is 5.76. The molecule has 5 heteroatoms. The number of rotatable bonds is 6. The fraction of sp³-hybridized carbons (Fsp3) is 0.789. The molecular weight excluding hydrogens is 300 g/mol. The van der Waals surface area contributed by atoms with Crippen LogP contribution in [0.2, 0.25) is 0 Å². The molecule has 0 bridgehead atoms. The second kappa shape index (κ2) is 8.65. The van der Waals surface area contributed by atoms with Gasteiger partial charge in [0.05, 0.1) is 0 Å². The van der Waals surface area contributed by atoms with E-state index in [1.807, 2.05) is 19.3 Å². The third-order valence-electron chi connectivity index (χ3n) is 5.80. The molecule has 0 N–H and O–H groups in total. The van der Waals surface area contributed by atoms with Gasteiger partial charge in [-0.05, 0) is 19.3 Å². The molecule has 0 spiro atoms. The monoisotopic (exact) mass is 332 g/mol. The molecule has 2 heterocycles. The number of piperazine rings is 1. The lowest BCUT2D eigenvalue weighted by molar-refractivity contribution is -0.133. The summed E-state index contributed by atoms with van der Waals surface area (Å²) in [6.45, 7) is 7.87. The van der Waals surface area contributed by atoms with Crippen molar-refractivity contribution in [1.82, 2.24) is 19.4 Å². The van der Waals surface area contributed by atoms with Crippen LogP contribution in [0.15, 0.2) is 12.4 Å². The van der Waals surface area contributed by atoms with Crippen LogP contribution in [-0.4, -0.2) is 58.0 Å². The lowest BCUT2D eigenvalue weighted by Gasteiger charge is -2.35. The Morgan fingerprint density at radius 2 is 1.88 bits per heavy atom. The predicted octanol–water partition coefficient (Wildman–Crippen LogP) is 2.70. The zero-order chi connectivity index (χ0) is 16.8. The zero-order valence-corrected chi connectivity index (χ0v) is 15.1. The maximum atomic E-state index is 12.4. The Hall–Kier alpha value is -1.36. The van der Waals surface area contributed by atoms with Crippen LogP contribution in [0.1, 0.15) is 50.8 Å². The molecule has 0 unspecified atom stereocenters. The van der Waals surface area contributed by atoms with E-state index in [9.17, 15) is 4.79 Å². The van der Waals surface area contributed by atoms with E-state index in [1.54, 1.807) is 0 Å². The third kappa shape index (κ3) is 4.82. The quantitative estimate of drug-likeness (QED) is 0.804. The number of carbonyl (C=O) groups is 1. The number of imidazole rings is 1. The molecule has 1 saturated carbocycles.